The van der Waals surface area contributed by atoms with Crippen molar-refractivity contribution in [2.24, 2.45) is 5.41 Å². The van der Waals surface area contributed by atoms with Crippen LogP contribution in [0.2, 0.25) is 0 Å². The number of aliphatic hydroxyl groups is 1. The number of β-amino-alcohol motifs (C(OH)–C–C–N with tert-alkyl or cyclic N) is 1. The van der Waals surface area contributed by atoms with Crippen LogP contribution in [0.25, 0.3) is 10.4 Å². The summed E-state index contributed by atoms with van der Waals surface area (Å²) >= 11 is 1.58. The van der Waals surface area contributed by atoms with Crippen LogP contribution in [-0.4, -0.2) is 90.5 Å². The minimum atomic E-state index is -0.925. The number of amides is 3. The highest BCUT2D eigenvalue weighted by Crippen LogP contribution is 2.28. The molecule has 3 amide bonds. The van der Waals surface area contributed by atoms with Gasteiger partial charge >= 0.3 is 0 Å². The number of anilines is 1. The molecule has 1 aliphatic heterocycles. The molecule has 2 aromatic carbocycles. The van der Waals surface area contributed by atoms with Gasteiger partial charge < -0.3 is 40.6 Å². The molecule has 1 aliphatic rings. The van der Waals surface area contributed by atoms with E-state index in [1.54, 1.807) is 23.5 Å². The summed E-state index contributed by atoms with van der Waals surface area (Å²) in [6.45, 7) is 9.41. The molecule has 3 aromatic rings. The number of ether oxygens (including phenoxy) is 3. The number of aryl methyl sites for hydroxylation is 1. The lowest BCUT2D eigenvalue weighted by Gasteiger charge is -2.35. The Kier molecular flexibility index (Phi) is 13.9. The number of aliphatic hydroxyl groups excluding tert-OH is 1. The van der Waals surface area contributed by atoms with Crippen LogP contribution in [0.3, 0.4) is 0 Å². The highest BCUT2D eigenvalue weighted by molar-refractivity contribution is 7.13. The van der Waals surface area contributed by atoms with Gasteiger partial charge in [-0.2, -0.15) is 0 Å². The first-order valence-electron chi connectivity index (χ1n) is 16.6. The molecule has 13 heteroatoms. The van der Waals surface area contributed by atoms with Crippen molar-refractivity contribution in [3.8, 4) is 16.2 Å². The van der Waals surface area contributed by atoms with Gasteiger partial charge in [-0.3, -0.25) is 14.4 Å². The topological polar surface area (TPSA) is 165 Å². The Morgan fingerprint density at radius 3 is 2.35 bits per heavy atom. The number of nitrogens with zero attached hydrogens (tertiary/aromatic N) is 2. The second-order valence-electron chi connectivity index (χ2n) is 13.2. The Labute approximate surface area is 292 Å². The SMILES string of the molecule is Cc1ncsc1-c1ccc(CNC(=O)[C@@H]2C[C@@H](O)CN2C(=O)[C@@H](NC(=O)COCCCOCCCOc2ccc(N)cc2)C(C)(C)C)cc1. The Morgan fingerprint density at radius 2 is 1.69 bits per heavy atom. The standard InChI is InChI=1S/C36H49N5O7S/c1-24-32(49-23-39-24)26-9-7-25(8-10-26)20-38-34(44)30-19-28(42)21-41(30)35(45)33(36(2,3)4)40-31(43)22-47-17-5-15-46-16-6-18-48-29-13-11-27(37)12-14-29/h7-14,23,28,30,33,42H,5-6,15-22,37H2,1-4H3,(H,38,44)(H,40,43)/t28-,30+,33-/m1/s1. The summed E-state index contributed by atoms with van der Waals surface area (Å²) < 4.78 is 16.8. The summed E-state index contributed by atoms with van der Waals surface area (Å²) in [7, 11) is 0. The average Bonchev–Trinajstić information content (AvgIpc) is 3.68. The van der Waals surface area contributed by atoms with Crippen molar-refractivity contribution in [1.82, 2.24) is 20.5 Å². The molecule has 0 aliphatic carbocycles. The van der Waals surface area contributed by atoms with Gasteiger partial charge in [-0.1, -0.05) is 45.0 Å². The van der Waals surface area contributed by atoms with Gasteiger partial charge in [0.15, 0.2) is 0 Å². The van der Waals surface area contributed by atoms with Crippen molar-refractivity contribution in [2.75, 3.05) is 45.3 Å². The number of hydrogen-bond acceptors (Lipinski definition) is 10. The number of carbonyl (C=O) groups excluding carboxylic acids is 3. The first kappa shape index (κ1) is 37.8. The number of carbonyl (C=O) groups is 3. The predicted octanol–water partition coefficient (Wildman–Crippen LogP) is 3.70. The third-order valence-corrected chi connectivity index (χ3v) is 9.08. The van der Waals surface area contributed by atoms with E-state index in [4.69, 9.17) is 19.9 Å². The zero-order valence-corrected chi connectivity index (χ0v) is 29.6. The van der Waals surface area contributed by atoms with Crippen LogP contribution in [0.15, 0.2) is 54.0 Å². The van der Waals surface area contributed by atoms with Crippen LogP contribution in [0, 0.1) is 12.3 Å². The Morgan fingerprint density at radius 1 is 1.02 bits per heavy atom. The average molecular weight is 696 g/mol. The molecule has 0 saturated carbocycles. The zero-order chi connectivity index (χ0) is 35.4. The maximum absolute atomic E-state index is 13.8. The zero-order valence-electron chi connectivity index (χ0n) is 28.8. The number of thiazole rings is 1. The number of nitrogens with one attached hydrogen (secondary N) is 2. The summed E-state index contributed by atoms with van der Waals surface area (Å²) in [6, 6.07) is 13.3. The molecule has 1 saturated heterocycles. The lowest BCUT2D eigenvalue weighted by atomic mass is 9.85. The maximum atomic E-state index is 13.8. The largest absolute Gasteiger partial charge is 0.494 e. The van der Waals surface area contributed by atoms with Crippen LogP contribution in [0.4, 0.5) is 5.69 Å². The van der Waals surface area contributed by atoms with Crippen molar-refractivity contribution in [2.45, 2.75) is 71.7 Å². The van der Waals surface area contributed by atoms with E-state index in [-0.39, 0.29) is 32.0 Å². The Balaban J connectivity index is 1.18. The minimum absolute atomic E-state index is 0.00622. The van der Waals surface area contributed by atoms with E-state index < -0.39 is 35.4 Å². The van der Waals surface area contributed by atoms with Gasteiger partial charge in [-0.15, -0.1) is 11.3 Å². The fourth-order valence-corrected chi connectivity index (χ4v) is 6.24. The molecular formula is C36H49N5O7S. The number of likely N-dealkylation sites (tertiary alicyclic amines) is 1. The second kappa shape index (κ2) is 18.1. The van der Waals surface area contributed by atoms with Gasteiger partial charge in [-0.05, 0) is 54.2 Å². The minimum Gasteiger partial charge on any atom is -0.494 e. The summed E-state index contributed by atoms with van der Waals surface area (Å²) in [5.74, 6) is -0.454. The third kappa shape index (κ3) is 11.5. The number of benzene rings is 2. The molecule has 0 spiro atoms. The highest BCUT2D eigenvalue weighted by Gasteiger charge is 2.44. The summed E-state index contributed by atoms with van der Waals surface area (Å²) in [6.07, 6.45) is 0.604. The molecule has 5 N–H and O–H groups in total. The second-order valence-corrected chi connectivity index (χ2v) is 14.1. The van der Waals surface area contributed by atoms with E-state index in [0.29, 0.717) is 38.5 Å². The van der Waals surface area contributed by atoms with E-state index in [1.807, 2.05) is 69.6 Å². The maximum Gasteiger partial charge on any atom is 0.246 e. The van der Waals surface area contributed by atoms with E-state index in [1.165, 1.54) is 4.90 Å². The van der Waals surface area contributed by atoms with Crippen LogP contribution in [0.1, 0.15) is 51.3 Å². The lowest BCUT2D eigenvalue weighted by molar-refractivity contribution is -0.144. The molecule has 266 valence electrons. The van der Waals surface area contributed by atoms with Gasteiger partial charge in [0.25, 0.3) is 0 Å². The van der Waals surface area contributed by atoms with E-state index in [9.17, 15) is 19.5 Å². The number of nitrogens with two attached hydrogens (primary N) is 1. The van der Waals surface area contributed by atoms with Gasteiger partial charge in [0.2, 0.25) is 17.7 Å². The van der Waals surface area contributed by atoms with E-state index >= 15 is 0 Å². The normalized spacial score (nSPS) is 16.7. The molecule has 12 nitrogen and oxygen atoms in total. The van der Waals surface area contributed by atoms with Crippen molar-refractivity contribution >= 4 is 34.7 Å². The van der Waals surface area contributed by atoms with Crippen molar-refractivity contribution in [3.05, 3.63) is 65.3 Å². The molecule has 0 unspecified atom stereocenters. The predicted molar refractivity (Wildman–Crippen MR) is 189 cm³/mol. The first-order valence-corrected chi connectivity index (χ1v) is 17.5. The van der Waals surface area contributed by atoms with Crippen LogP contribution in [0.5, 0.6) is 5.75 Å². The Bertz CT molecular complexity index is 1510. The molecule has 2 heterocycles. The molecule has 3 atom stereocenters. The molecule has 4 rings (SSSR count). The summed E-state index contributed by atoms with van der Waals surface area (Å²) in [5.41, 5.74) is 10.4. The molecule has 1 aromatic heterocycles. The van der Waals surface area contributed by atoms with Crippen molar-refractivity contribution < 1.29 is 33.7 Å². The molecule has 0 bridgehead atoms. The summed E-state index contributed by atoms with van der Waals surface area (Å²) in [5, 5.41) is 16.2. The number of hydrogen-bond donors (Lipinski definition) is 4. The van der Waals surface area contributed by atoms with Crippen LogP contribution in [-0.2, 0) is 30.4 Å². The van der Waals surface area contributed by atoms with E-state index in [2.05, 4.69) is 15.6 Å². The lowest BCUT2D eigenvalue weighted by Crippen LogP contribution is -2.58. The Hall–Kier alpha value is -4.04. The quantitative estimate of drug-likeness (QED) is 0.122. The number of aromatic nitrogens is 1. The van der Waals surface area contributed by atoms with Gasteiger partial charge in [-0.25, -0.2) is 4.98 Å². The van der Waals surface area contributed by atoms with Gasteiger partial charge in [0, 0.05) is 51.4 Å². The fourth-order valence-electron chi connectivity index (χ4n) is 5.43. The molecule has 0 radical (unpaired) electrons. The summed E-state index contributed by atoms with van der Waals surface area (Å²) in [4.78, 5) is 46.7. The third-order valence-electron chi connectivity index (χ3n) is 8.10. The van der Waals surface area contributed by atoms with Crippen LogP contribution >= 0.6 is 11.3 Å². The molecule has 49 heavy (non-hydrogen) atoms. The molecule has 1 fully saturated rings. The van der Waals surface area contributed by atoms with Gasteiger partial charge in [0.05, 0.1) is 28.8 Å². The van der Waals surface area contributed by atoms with Crippen molar-refractivity contribution in [1.29, 1.82) is 0 Å². The van der Waals surface area contributed by atoms with Gasteiger partial charge in [0.1, 0.15) is 24.4 Å². The first-order chi connectivity index (χ1) is 23.4. The van der Waals surface area contributed by atoms with E-state index in [0.717, 1.165) is 33.9 Å². The number of nitrogen functional groups attached to an aromatic ring is 1. The number of rotatable bonds is 17. The monoisotopic (exact) mass is 695 g/mol. The van der Waals surface area contributed by atoms with Crippen molar-refractivity contribution in [3.63, 3.8) is 0 Å². The molecular weight excluding hydrogens is 646 g/mol. The fraction of sp³-hybridized carbons (Fsp3) is 0.500. The highest BCUT2D eigenvalue weighted by atomic mass is 32.1. The smallest absolute Gasteiger partial charge is 0.246 e. The van der Waals surface area contributed by atoms with Crippen LogP contribution < -0.4 is 21.1 Å².